The summed E-state index contributed by atoms with van der Waals surface area (Å²) in [5.41, 5.74) is 4.41. The van der Waals surface area contributed by atoms with Crippen LogP contribution in [0.3, 0.4) is 0 Å². The SMILES string of the molecule is CO[C@@H]1OC/C2=C/C/C=C(\C)CC[C@H](C(C)CCC=C(C)C)[C@H]21. The summed E-state index contributed by atoms with van der Waals surface area (Å²) in [5.74, 6) is 1.76. The summed E-state index contributed by atoms with van der Waals surface area (Å²) >= 11 is 0. The zero-order valence-electron chi connectivity index (χ0n) is 15.6. The Labute approximate surface area is 142 Å². The summed E-state index contributed by atoms with van der Waals surface area (Å²) in [6.07, 6.45) is 13.0. The van der Waals surface area contributed by atoms with Crippen molar-refractivity contribution in [2.45, 2.75) is 66.1 Å². The van der Waals surface area contributed by atoms with Crippen LogP contribution in [0.2, 0.25) is 0 Å². The quantitative estimate of drug-likeness (QED) is 0.609. The monoisotopic (exact) mass is 318 g/mol. The van der Waals surface area contributed by atoms with Gasteiger partial charge in [0.25, 0.3) is 0 Å². The van der Waals surface area contributed by atoms with Crippen molar-refractivity contribution >= 4 is 0 Å². The van der Waals surface area contributed by atoms with Gasteiger partial charge in [-0.15, -0.1) is 0 Å². The van der Waals surface area contributed by atoms with Gasteiger partial charge in [-0.25, -0.2) is 0 Å². The zero-order valence-corrected chi connectivity index (χ0v) is 15.6. The molecule has 0 aromatic carbocycles. The lowest BCUT2D eigenvalue weighted by atomic mass is 9.74. The number of methoxy groups -OCH3 is 1. The van der Waals surface area contributed by atoms with Crippen molar-refractivity contribution in [1.82, 2.24) is 0 Å². The molecule has 1 saturated heterocycles. The molecule has 0 aromatic heterocycles. The number of rotatable bonds is 5. The number of hydrogen-bond donors (Lipinski definition) is 0. The first-order valence-electron chi connectivity index (χ1n) is 9.15. The zero-order chi connectivity index (χ0) is 16.8. The van der Waals surface area contributed by atoms with Crippen LogP contribution in [0.4, 0.5) is 0 Å². The molecule has 0 spiro atoms. The topological polar surface area (TPSA) is 18.5 Å². The third kappa shape index (κ3) is 5.06. The molecule has 1 fully saturated rings. The number of ether oxygens (including phenoxy) is 2. The fraction of sp³-hybridized carbons (Fsp3) is 0.714. The maximum Gasteiger partial charge on any atom is 0.164 e. The highest BCUT2D eigenvalue weighted by molar-refractivity contribution is 5.18. The van der Waals surface area contributed by atoms with Crippen LogP contribution in [0.15, 0.2) is 34.9 Å². The number of fused-ring (bicyclic) bond motifs is 1. The standard InChI is InChI=1S/C21H34O2/c1-15(2)8-6-10-17(4)19-13-12-16(3)9-7-11-18-14-23-21(22-5)20(18)19/h8-9,11,17,19-21H,6-7,10,12-14H2,1-5H3/b16-9+,18-11-/t17?,19-,20+,21-/m1/s1. The summed E-state index contributed by atoms with van der Waals surface area (Å²) in [5, 5.41) is 0. The molecule has 4 atom stereocenters. The minimum atomic E-state index is -0.0597. The fourth-order valence-electron chi connectivity index (χ4n) is 4.01. The molecular formula is C21H34O2. The van der Waals surface area contributed by atoms with Crippen LogP contribution < -0.4 is 0 Å². The van der Waals surface area contributed by atoms with Crippen LogP contribution in [0.5, 0.6) is 0 Å². The van der Waals surface area contributed by atoms with Crippen molar-refractivity contribution in [1.29, 1.82) is 0 Å². The normalized spacial score (nSPS) is 34.0. The molecule has 0 amide bonds. The Balaban J connectivity index is 2.17. The molecule has 0 bridgehead atoms. The maximum atomic E-state index is 5.93. The van der Waals surface area contributed by atoms with Crippen molar-refractivity contribution in [3.05, 3.63) is 34.9 Å². The third-order valence-electron chi connectivity index (χ3n) is 5.45. The van der Waals surface area contributed by atoms with Crippen LogP contribution in [0.25, 0.3) is 0 Å². The second-order valence-electron chi connectivity index (χ2n) is 7.54. The highest BCUT2D eigenvalue weighted by Crippen LogP contribution is 2.42. The van der Waals surface area contributed by atoms with Crippen molar-refractivity contribution < 1.29 is 9.47 Å². The minimum Gasteiger partial charge on any atom is -0.355 e. The van der Waals surface area contributed by atoms with Crippen LogP contribution in [0.1, 0.15) is 59.8 Å². The van der Waals surface area contributed by atoms with Crippen molar-refractivity contribution in [2.24, 2.45) is 17.8 Å². The lowest BCUT2D eigenvalue weighted by Gasteiger charge is -2.32. The van der Waals surface area contributed by atoms with Crippen molar-refractivity contribution in [3.8, 4) is 0 Å². The summed E-state index contributed by atoms with van der Waals surface area (Å²) in [6.45, 7) is 9.81. The van der Waals surface area contributed by atoms with Crippen molar-refractivity contribution in [3.63, 3.8) is 0 Å². The summed E-state index contributed by atoms with van der Waals surface area (Å²) in [4.78, 5) is 0. The summed E-state index contributed by atoms with van der Waals surface area (Å²) < 4.78 is 11.6. The molecule has 0 radical (unpaired) electrons. The van der Waals surface area contributed by atoms with Crippen LogP contribution in [-0.4, -0.2) is 20.0 Å². The Morgan fingerprint density at radius 1 is 1.39 bits per heavy atom. The Kier molecular flexibility index (Phi) is 7.10. The predicted octanol–water partition coefficient (Wildman–Crippen LogP) is 5.66. The third-order valence-corrected chi connectivity index (χ3v) is 5.45. The molecule has 130 valence electrons. The fourth-order valence-corrected chi connectivity index (χ4v) is 4.01. The van der Waals surface area contributed by atoms with E-state index in [0.29, 0.717) is 17.8 Å². The van der Waals surface area contributed by atoms with Crippen LogP contribution >= 0.6 is 0 Å². The lowest BCUT2D eigenvalue weighted by Crippen LogP contribution is -2.31. The van der Waals surface area contributed by atoms with E-state index in [-0.39, 0.29) is 6.29 Å². The first-order valence-corrected chi connectivity index (χ1v) is 9.15. The molecule has 1 aliphatic heterocycles. The van der Waals surface area contributed by atoms with E-state index in [2.05, 4.69) is 45.9 Å². The molecule has 2 rings (SSSR count). The molecule has 1 aliphatic carbocycles. The van der Waals surface area contributed by atoms with Crippen molar-refractivity contribution in [2.75, 3.05) is 13.7 Å². The van der Waals surface area contributed by atoms with Gasteiger partial charge in [0.2, 0.25) is 0 Å². The van der Waals surface area contributed by atoms with E-state index < -0.39 is 0 Å². The van der Waals surface area contributed by atoms with Gasteiger partial charge in [0, 0.05) is 13.0 Å². The molecular weight excluding hydrogens is 284 g/mol. The van der Waals surface area contributed by atoms with Gasteiger partial charge in [-0.05, 0) is 70.3 Å². The molecule has 0 N–H and O–H groups in total. The largest absolute Gasteiger partial charge is 0.355 e. The van der Waals surface area contributed by atoms with Gasteiger partial charge in [-0.3, -0.25) is 0 Å². The lowest BCUT2D eigenvalue weighted by molar-refractivity contribution is -0.123. The Hall–Kier alpha value is -0.860. The first kappa shape index (κ1) is 18.5. The molecule has 1 unspecified atom stereocenters. The van der Waals surface area contributed by atoms with E-state index in [1.807, 2.05) is 0 Å². The average molecular weight is 319 g/mol. The van der Waals surface area contributed by atoms with Gasteiger partial charge in [-0.2, -0.15) is 0 Å². The van der Waals surface area contributed by atoms with Gasteiger partial charge >= 0.3 is 0 Å². The van der Waals surface area contributed by atoms with E-state index >= 15 is 0 Å². The molecule has 0 aromatic rings. The Morgan fingerprint density at radius 2 is 2.17 bits per heavy atom. The minimum absolute atomic E-state index is 0.0597. The average Bonchev–Trinajstić information content (AvgIpc) is 2.91. The molecule has 2 nitrogen and oxygen atoms in total. The molecule has 2 heteroatoms. The van der Waals surface area contributed by atoms with Gasteiger partial charge < -0.3 is 9.47 Å². The second kappa shape index (κ2) is 8.84. The molecule has 2 aliphatic rings. The van der Waals surface area contributed by atoms with E-state index in [0.717, 1.165) is 13.0 Å². The van der Waals surface area contributed by atoms with E-state index in [4.69, 9.17) is 9.47 Å². The second-order valence-corrected chi connectivity index (χ2v) is 7.54. The smallest absolute Gasteiger partial charge is 0.164 e. The molecule has 0 saturated carbocycles. The number of allylic oxidation sites excluding steroid dienone is 5. The summed E-state index contributed by atoms with van der Waals surface area (Å²) in [7, 11) is 1.79. The van der Waals surface area contributed by atoms with Crippen LogP contribution in [-0.2, 0) is 9.47 Å². The number of hydrogen-bond acceptors (Lipinski definition) is 2. The van der Waals surface area contributed by atoms with Gasteiger partial charge in [-0.1, -0.05) is 36.3 Å². The Bertz CT molecular complexity index is 468. The van der Waals surface area contributed by atoms with Gasteiger partial charge in [0.05, 0.1) is 6.61 Å². The highest BCUT2D eigenvalue weighted by atomic mass is 16.7. The van der Waals surface area contributed by atoms with E-state index in [1.54, 1.807) is 7.11 Å². The summed E-state index contributed by atoms with van der Waals surface area (Å²) in [6, 6.07) is 0. The highest BCUT2D eigenvalue weighted by Gasteiger charge is 2.40. The van der Waals surface area contributed by atoms with Gasteiger partial charge in [0.1, 0.15) is 0 Å². The molecule has 1 heterocycles. The van der Waals surface area contributed by atoms with E-state index in [9.17, 15) is 0 Å². The first-order chi connectivity index (χ1) is 11.0. The Morgan fingerprint density at radius 3 is 2.87 bits per heavy atom. The maximum absolute atomic E-state index is 5.93. The van der Waals surface area contributed by atoms with Gasteiger partial charge in [0.15, 0.2) is 6.29 Å². The predicted molar refractivity (Wildman–Crippen MR) is 97.2 cm³/mol. The van der Waals surface area contributed by atoms with E-state index in [1.165, 1.54) is 42.4 Å². The molecule has 23 heavy (non-hydrogen) atoms. The van der Waals surface area contributed by atoms with Crippen LogP contribution in [0, 0.1) is 17.8 Å².